The normalized spacial score (nSPS) is 24.9. The number of hydrogen-bond acceptors (Lipinski definition) is 4. The van der Waals surface area contributed by atoms with Crippen molar-refractivity contribution in [3.8, 4) is 10.4 Å². The molecule has 25 heavy (non-hydrogen) atoms. The number of halogens is 1. The molecule has 132 valence electrons. The van der Waals surface area contributed by atoms with E-state index in [1.165, 1.54) is 37.3 Å². The van der Waals surface area contributed by atoms with Gasteiger partial charge in [0.1, 0.15) is 0 Å². The summed E-state index contributed by atoms with van der Waals surface area (Å²) >= 11 is 7.62. The van der Waals surface area contributed by atoms with Crippen molar-refractivity contribution >= 4 is 34.7 Å². The molecule has 0 saturated carbocycles. The van der Waals surface area contributed by atoms with E-state index in [0.717, 1.165) is 17.0 Å². The first-order valence-corrected chi connectivity index (χ1v) is 9.89. The molecule has 1 aromatic heterocycles. The lowest BCUT2D eigenvalue weighted by molar-refractivity contribution is 0.0151. The quantitative estimate of drug-likeness (QED) is 0.820. The Morgan fingerprint density at radius 1 is 1.28 bits per heavy atom. The fourth-order valence-electron chi connectivity index (χ4n) is 3.86. The summed E-state index contributed by atoms with van der Waals surface area (Å²) < 4.78 is 6.17. The summed E-state index contributed by atoms with van der Waals surface area (Å²) in [6.45, 7) is 3.94. The predicted molar refractivity (Wildman–Crippen MR) is 102 cm³/mol. The average Bonchev–Trinajstić information content (AvgIpc) is 3.02. The highest BCUT2D eigenvalue weighted by molar-refractivity contribution is 7.20. The smallest absolute Gasteiger partial charge is 0.411 e. The van der Waals surface area contributed by atoms with E-state index in [0.29, 0.717) is 28.5 Å². The number of benzene rings is 1. The van der Waals surface area contributed by atoms with E-state index in [1.54, 1.807) is 6.07 Å². The van der Waals surface area contributed by atoms with Crippen LogP contribution in [-0.2, 0) is 4.74 Å². The Labute approximate surface area is 156 Å². The number of ether oxygens (including phenoxy) is 1. The molecule has 0 radical (unpaired) electrons. The van der Waals surface area contributed by atoms with E-state index >= 15 is 0 Å². The molecule has 5 rings (SSSR count). The third-order valence-corrected chi connectivity index (χ3v) is 6.51. The lowest BCUT2D eigenvalue weighted by Gasteiger charge is -2.44. The lowest BCUT2D eigenvalue weighted by atomic mass is 9.79. The third-order valence-electron chi connectivity index (χ3n) is 5.19. The number of thiophene rings is 1. The van der Waals surface area contributed by atoms with E-state index < -0.39 is 6.09 Å². The first-order chi connectivity index (χ1) is 12.2. The SMILES string of the molecule is O=C(Nc1cc(Cl)sc1-c1ccccc1)OCC1CN2CCC1CC2. The van der Waals surface area contributed by atoms with Crippen molar-refractivity contribution in [3.05, 3.63) is 40.7 Å². The van der Waals surface area contributed by atoms with Crippen LogP contribution in [-0.4, -0.2) is 37.2 Å². The molecule has 3 aliphatic rings. The molecule has 3 saturated heterocycles. The molecular formula is C19H21ClN2O2S. The highest BCUT2D eigenvalue weighted by atomic mass is 35.5. The van der Waals surface area contributed by atoms with Crippen LogP contribution < -0.4 is 5.32 Å². The summed E-state index contributed by atoms with van der Waals surface area (Å²) in [7, 11) is 0. The molecule has 0 aliphatic carbocycles. The molecule has 1 aromatic carbocycles. The summed E-state index contributed by atoms with van der Waals surface area (Å²) in [4.78, 5) is 15.7. The van der Waals surface area contributed by atoms with Gasteiger partial charge in [0, 0.05) is 12.5 Å². The lowest BCUT2D eigenvalue weighted by Crippen LogP contribution is -2.49. The van der Waals surface area contributed by atoms with Gasteiger partial charge in [-0.05, 0) is 43.5 Å². The number of hydrogen-bond donors (Lipinski definition) is 1. The molecule has 3 fully saturated rings. The minimum absolute atomic E-state index is 0.400. The van der Waals surface area contributed by atoms with Crippen LogP contribution in [0.25, 0.3) is 10.4 Å². The number of carbonyl (C=O) groups excluding carboxylic acids is 1. The molecular weight excluding hydrogens is 356 g/mol. The molecule has 4 heterocycles. The van der Waals surface area contributed by atoms with Gasteiger partial charge in [0.05, 0.1) is 21.5 Å². The van der Waals surface area contributed by atoms with Crippen molar-refractivity contribution in [2.75, 3.05) is 31.6 Å². The molecule has 3 aliphatic heterocycles. The van der Waals surface area contributed by atoms with Crippen molar-refractivity contribution in [3.63, 3.8) is 0 Å². The number of amides is 1. The van der Waals surface area contributed by atoms with Crippen molar-refractivity contribution in [2.45, 2.75) is 12.8 Å². The maximum atomic E-state index is 12.3. The average molecular weight is 377 g/mol. The molecule has 0 spiro atoms. The van der Waals surface area contributed by atoms with Crippen LogP contribution in [0.2, 0.25) is 4.34 Å². The summed E-state index contributed by atoms with van der Waals surface area (Å²) in [5.74, 6) is 1.17. The van der Waals surface area contributed by atoms with E-state index in [2.05, 4.69) is 10.2 Å². The zero-order valence-corrected chi connectivity index (χ0v) is 15.5. The Bertz CT molecular complexity index is 741. The summed E-state index contributed by atoms with van der Waals surface area (Å²) in [5, 5.41) is 2.86. The number of nitrogens with one attached hydrogen (secondary N) is 1. The van der Waals surface area contributed by atoms with Crippen LogP contribution in [0.3, 0.4) is 0 Å². The van der Waals surface area contributed by atoms with Gasteiger partial charge in [0.25, 0.3) is 0 Å². The van der Waals surface area contributed by atoms with Crippen molar-refractivity contribution in [1.29, 1.82) is 0 Å². The molecule has 6 heteroatoms. The topological polar surface area (TPSA) is 41.6 Å². The standard InChI is InChI=1S/C19H21ClN2O2S/c20-17-10-16(18(25-17)14-4-2-1-3-5-14)21-19(23)24-12-15-11-22-8-6-13(15)7-9-22/h1-5,10,13,15H,6-9,11-12H2,(H,21,23). The Kier molecular flexibility index (Phi) is 4.97. The second-order valence-electron chi connectivity index (χ2n) is 6.78. The van der Waals surface area contributed by atoms with E-state index in [9.17, 15) is 4.79 Å². The Balaban J connectivity index is 1.38. The Morgan fingerprint density at radius 2 is 2.04 bits per heavy atom. The van der Waals surface area contributed by atoms with Gasteiger partial charge in [-0.3, -0.25) is 5.32 Å². The zero-order chi connectivity index (χ0) is 17.2. The van der Waals surface area contributed by atoms with Gasteiger partial charge in [0.2, 0.25) is 0 Å². The largest absolute Gasteiger partial charge is 0.449 e. The number of carbonyl (C=O) groups is 1. The number of fused-ring (bicyclic) bond motifs is 3. The minimum atomic E-state index is -0.400. The van der Waals surface area contributed by atoms with Crippen LogP contribution in [0.1, 0.15) is 12.8 Å². The van der Waals surface area contributed by atoms with E-state index in [4.69, 9.17) is 16.3 Å². The second kappa shape index (κ2) is 7.36. The summed E-state index contributed by atoms with van der Waals surface area (Å²) in [5.41, 5.74) is 1.74. The van der Waals surface area contributed by atoms with Gasteiger partial charge in [-0.15, -0.1) is 11.3 Å². The zero-order valence-electron chi connectivity index (χ0n) is 13.9. The second-order valence-corrected chi connectivity index (χ2v) is 8.46. The van der Waals surface area contributed by atoms with E-state index in [-0.39, 0.29) is 0 Å². The van der Waals surface area contributed by atoms with Crippen LogP contribution in [0, 0.1) is 11.8 Å². The number of anilines is 1. The molecule has 2 aromatic rings. The van der Waals surface area contributed by atoms with Gasteiger partial charge in [-0.1, -0.05) is 41.9 Å². The van der Waals surface area contributed by atoms with Gasteiger partial charge >= 0.3 is 6.09 Å². The minimum Gasteiger partial charge on any atom is -0.449 e. The first-order valence-electron chi connectivity index (χ1n) is 8.70. The van der Waals surface area contributed by atoms with E-state index in [1.807, 2.05) is 30.3 Å². The van der Waals surface area contributed by atoms with Crippen LogP contribution in [0.15, 0.2) is 36.4 Å². The fourth-order valence-corrected chi connectivity index (χ4v) is 5.05. The van der Waals surface area contributed by atoms with Crippen LogP contribution in [0.4, 0.5) is 10.5 Å². The van der Waals surface area contributed by atoms with Crippen LogP contribution >= 0.6 is 22.9 Å². The summed E-state index contributed by atoms with van der Waals surface area (Å²) in [6, 6.07) is 11.7. The number of rotatable bonds is 4. The highest BCUT2D eigenvalue weighted by Crippen LogP contribution is 2.39. The molecule has 1 atom stereocenters. The maximum absolute atomic E-state index is 12.3. The first kappa shape index (κ1) is 16.9. The monoisotopic (exact) mass is 376 g/mol. The number of nitrogens with zero attached hydrogens (tertiary/aromatic N) is 1. The van der Waals surface area contributed by atoms with Gasteiger partial charge < -0.3 is 9.64 Å². The Morgan fingerprint density at radius 3 is 2.72 bits per heavy atom. The summed E-state index contributed by atoms with van der Waals surface area (Å²) in [6.07, 6.45) is 2.06. The molecule has 4 nitrogen and oxygen atoms in total. The molecule has 1 amide bonds. The molecule has 1 unspecified atom stereocenters. The molecule has 1 N–H and O–H groups in total. The number of piperidine rings is 3. The van der Waals surface area contributed by atoms with Crippen molar-refractivity contribution in [2.24, 2.45) is 11.8 Å². The van der Waals surface area contributed by atoms with Crippen LogP contribution in [0.5, 0.6) is 0 Å². The fraction of sp³-hybridized carbons (Fsp3) is 0.421. The van der Waals surface area contributed by atoms with Gasteiger partial charge in [-0.2, -0.15) is 0 Å². The van der Waals surface area contributed by atoms with Crippen molar-refractivity contribution < 1.29 is 9.53 Å². The Hall–Kier alpha value is -1.56. The predicted octanol–water partition coefficient (Wildman–Crippen LogP) is 4.96. The van der Waals surface area contributed by atoms with Gasteiger partial charge in [0.15, 0.2) is 0 Å². The maximum Gasteiger partial charge on any atom is 0.411 e. The van der Waals surface area contributed by atoms with Gasteiger partial charge in [-0.25, -0.2) is 4.79 Å². The molecule has 2 bridgehead atoms. The third kappa shape index (κ3) is 3.84. The van der Waals surface area contributed by atoms with Crippen molar-refractivity contribution in [1.82, 2.24) is 4.90 Å². The highest BCUT2D eigenvalue weighted by Gasteiger charge is 2.34.